The van der Waals surface area contributed by atoms with E-state index in [-0.39, 0.29) is 12.0 Å². The number of hydrogen-bond acceptors (Lipinski definition) is 3. The van der Waals surface area contributed by atoms with Crippen molar-refractivity contribution in [2.45, 2.75) is 18.9 Å². The molecule has 18 heavy (non-hydrogen) atoms. The largest absolute Gasteiger partial charge is 0.480 e. The average Bonchev–Trinajstić information content (AvgIpc) is 3.04. The zero-order chi connectivity index (χ0) is 12.4. The van der Waals surface area contributed by atoms with Gasteiger partial charge in [0.05, 0.1) is 0 Å². The number of fused-ring (bicyclic) bond motifs is 1. The molecule has 1 aromatic rings. The monoisotopic (exact) mass is 263 g/mol. The molecule has 0 bridgehead atoms. The van der Waals surface area contributed by atoms with Gasteiger partial charge in [0.2, 0.25) is 0 Å². The maximum Gasteiger partial charge on any atom is 0.261 e. The molecule has 1 aromatic carbocycles. The van der Waals surface area contributed by atoms with Crippen LogP contribution < -0.4 is 10.1 Å². The molecule has 2 aliphatic heterocycles. The summed E-state index contributed by atoms with van der Waals surface area (Å²) in [4.78, 5) is 12.0. The predicted molar refractivity (Wildman–Crippen MR) is 73.0 cm³/mol. The molecule has 0 aromatic heterocycles. The van der Waals surface area contributed by atoms with Crippen molar-refractivity contribution in [3.05, 3.63) is 29.8 Å². The number of ether oxygens (including phenoxy) is 1. The Morgan fingerprint density at radius 3 is 3.11 bits per heavy atom. The normalized spacial score (nSPS) is 25.6. The minimum absolute atomic E-state index is 0.0306. The molecule has 1 saturated heterocycles. The van der Waals surface area contributed by atoms with Gasteiger partial charge < -0.3 is 10.1 Å². The lowest BCUT2D eigenvalue weighted by molar-refractivity contribution is -0.127. The van der Waals surface area contributed by atoms with Gasteiger partial charge in [-0.1, -0.05) is 18.2 Å². The van der Waals surface area contributed by atoms with Crippen molar-refractivity contribution >= 4 is 17.7 Å². The highest BCUT2D eigenvalue weighted by Crippen LogP contribution is 2.28. The number of rotatable bonds is 3. The van der Waals surface area contributed by atoms with Crippen LogP contribution in [0.15, 0.2) is 24.3 Å². The molecule has 1 amide bonds. The van der Waals surface area contributed by atoms with Gasteiger partial charge in [-0.05, 0) is 35.5 Å². The third kappa shape index (κ3) is 2.48. The first-order chi connectivity index (χ1) is 8.83. The maximum absolute atomic E-state index is 12.0. The summed E-state index contributed by atoms with van der Waals surface area (Å²) in [7, 11) is 0. The van der Waals surface area contributed by atoms with E-state index in [0.717, 1.165) is 17.9 Å². The summed E-state index contributed by atoms with van der Waals surface area (Å²) >= 11 is 1.97. The van der Waals surface area contributed by atoms with Gasteiger partial charge in [0.15, 0.2) is 6.10 Å². The van der Waals surface area contributed by atoms with E-state index in [0.29, 0.717) is 12.3 Å². The second kappa shape index (κ2) is 5.22. The van der Waals surface area contributed by atoms with Crippen LogP contribution in [0.25, 0.3) is 0 Å². The molecule has 2 heterocycles. The Hall–Kier alpha value is -1.16. The number of hydrogen-bond donors (Lipinski definition) is 1. The lowest BCUT2D eigenvalue weighted by Crippen LogP contribution is -2.39. The highest BCUT2D eigenvalue weighted by Gasteiger charge is 2.29. The Balaban J connectivity index is 1.52. The molecule has 2 atom stereocenters. The topological polar surface area (TPSA) is 38.3 Å². The van der Waals surface area contributed by atoms with Crippen LogP contribution in [-0.2, 0) is 11.2 Å². The molecule has 0 saturated carbocycles. The summed E-state index contributed by atoms with van der Waals surface area (Å²) in [5.41, 5.74) is 1.13. The van der Waals surface area contributed by atoms with Gasteiger partial charge in [0.25, 0.3) is 5.91 Å². The number of thioether (sulfide) groups is 1. The second-order valence-electron chi connectivity index (χ2n) is 4.89. The number of benzene rings is 1. The standard InChI is InChI=1S/C14H17NO2S/c16-14(15-8-10-5-6-18-9-10)13-7-11-3-1-2-4-12(11)17-13/h1-4,10,13H,5-9H2,(H,15,16)/t10-,13+/m1/s1. The molecule has 3 nitrogen and oxygen atoms in total. The zero-order valence-electron chi connectivity index (χ0n) is 10.2. The fourth-order valence-corrected chi connectivity index (χ4v) is 3.72. The fourth-order valence-electron chi connectivity index (χ4n) is 2.43. The van der Waals surface area contributed by atoms with E-state index in [1.807, 2.05) is 36.0 Å². The summed E-state index contributed by atoms with van der Waals surface area (Å²) in [5.74, 6) is 3.93. The van der Waals surface area contributed by atoms with Crippen LogP contribution in [0.3, 0.4) is 0 Å². The van der Waals surface area contributed by atoms with Gasteiger partial charge in [-0.25, -0.2) is 0 Å². The Kier molecular flexibility index (Phi) is 3.46. The summed E-state index contributed by atoms with van der Waals surface area (Å²) in [5, 5.41) is 3.02. The maximum atomic E-state index is 12.0. The van der Waals surface area contributed by atoms with Crippen LogP contribution >= 0.6 is 11.8 Å². The van der Waals surface area contributed by atoms with Crippen molar-refractivity contribution in [2.24, 2.45) is 5.92 Å². The van der Waals surface area contributed by atoms with Crippen LogP contribution in [0.4, 0.5) is 0 Å². The van der Waals surface area contributed by atoms with Crippen LogP contribution in [0.1, 0.15) is 12.0 Å². The Morgan fingerprint density at radius 1 is 1.44 bits per heavy atom. The average molecular weight is 263 g/mol. The minimum Gasteiger partial charge on any atom is -0.480 e. The van der Waals surface area contributed by atoms with Crippen molar-refractivity contribution in [1.82, 2.24) is 5.32 Å². The predicted octanol–water partition coefficient (Wildman–Crippen LogP) is 1.86. The molecule has 3 rings (SSSR count). The molecule has 1 N–H and O–H groups in total. The van der Waals surface area contributed by atoms with Gasteiger partial charge >= 0.3 is 0 Å². The Bertz CT molecular complexity index is 418. The van der Waals surface area contributed by atoms with E-state index in [4.69, 9.17) is 4.74 Å². The van der Waals surface area contributed by atoms with E-state index >= 15 is 0 Å². The zero-order valence-corrected chi connectivity index (χ0v) is 11.0. The molecule has 0 unspecified atom stereocenters. The van der Waals surface area contributed by atoms with E-state index in [9.17, 15) is 4.79 Å². The van der Waals surface area contributed by atoms with E-state index in [1.165, 1.54) is 17.9 Å². The van der Waals surface area contributed by atoms with Crippen LogP contribution in [-0.4, -0.2) is 30.1 Å². The summed E-state index contributed by atoms with van der Waals surface area (Å²) < 4.78 is 5.67. The van der Waals surface area contributed by atoms with Crippen molar-refractivity contribution in [3.8, 4) is 5.75 Å². The summed E-state index contributed by atoms with van der Waals surface area (Å²) in [6.07, 6.45) is 1.58. The number of carbonyl (C=O) groups is 1. The van der Waals surface area contributed by atoms with Crippen LogP contribution in [0.2, 0.25) is 0 Å². The highest BCUT2D eigenvalue weighted by molar-refractivity contribution is 7.99. The smallest absolute Gasteiger partial charge is 0.261 e. The van der Waals surface area contributed by atoms with Gasteiger partial charge in [0.1, 0.15) is 5.75 Å². The van der Waals surface area contributed by atoms with Crippen LogP contribution in [0.5, 0.6) is 5.75 Å². The molecule has 1 fully saturated rings. The molecule has 0 spiro atoms. The molecule has 0 aliphatic carbocycles. The SMILES string of the molecule is O=C(NC[C@H]1CCSC1)[C@@H]1Cc2ccccc2O1. The van der Waals surface area contributed by atoms with Crippen molar-refractivity contribution in [3.63, 3.8) is 0 Å². The van der Waals surface area contributed by atoms with Gasteiger partial charge in [-0.3, -0.25) is 4.79 Å². The molecular formula is C14H17NO2S. The quantitative estimate of drug-likeness (QED) is 0.904. The van der Waals surface area contributed by atoms with Gasteiger partial charge in [-0.2, -0.15) is 11.8 Å². The van der Waals surface area contributed by atoms with E-state index in [2.05, 4.69) is 5.32 Å². The van der Waals surface area contributed by atoms with Crippen molar-refractivity contribution < 1.29 is 9.53 Å². The lowest BCUT2D eigenvalue weighted by Gasteiger charge is -2.14. The van der Waals surface area contributed by atoms with Crippen LogP contribution in [0, 0.1) is 5.92 Å². The molecule has 96 valence electrons. The number of amides is 1. The number of nitrogens with one attached hydrogen (secondary N) is 1. The fraction of sp³-hybridized carbons (Fsp3) is 0.500. The number of para-hydroxylation sites is 1. The van der Waals surface area contributed by atoms with Gasteiger partial charge in [-0.15, -0.1) is 0 Å². The number of carbonyl (C=O) groups excluding carboxylic acids is 1. The lowest BCUT2D eigenvalue weighted by atomic mass is 10.1. The minimum atomic E-state index is -0.337. The first-order valence-electron chi connectivity index (χ1n) is 6.43. The van der Waals surface area contributed by atoms with E-state index < -0.39 is 0 Å². The Morgan fingerprint density at radius 2 is 2.33 bits per heavy atom. The molecule has 4 heteroatoms. The van der Waals surface area contributed by atoms with Gasteiger partial charge in [0, 0.05) is 13.0 Å². The van der Waals surface area contributed by atoms with Crippen molar-refractivity contribution in [2.75, 3.05) is 18.1 Å². The third-order valence-electron chi connectivity index (χ3n) is 3.53. The van der Waals surface area contributed by atoms with Crippen molar-refractivity contribution in [1.29, 1.82) is 0 Å². The summed E-state index contributed by atoms with van der Waals surface area (Å²) in [6.45, 7) is 0.794. The first-order valence-corrected chi connectivity index (χ1v) is 7.58. The second-order valence-corrected chi connectivity index (χ2v) is 6.04. The highest BCUT2D eigenvalue weighted by atomic mass is 32.2. The first kappa shape index (κ1) is 11.9. The van der Waals surface area contributed by atoms with E-state index in [1.54, 1.807) is 0 Å². The third-order valence-corrected chi connectivity index (χ3v) is 4.76. The summed E-state index contributed by atoms with van der Waals surface area (Å²) in [6, 6.07) is 7.87. The molecule has 0 radical (unpaired) electrons. The molecule has 2 aliphatic rings. The Labute approximate surface area is 111 Å². The molecular weight excluding hydrogens is 246 g/mol.